The van der Waals surface area contributed by atoms with Crippen LogP contribution in [0, 0.1) is 5.92 Å². The van der Waals surface area contributed by atoms with Gasteiger partial charge in [-0.15, -0.1) is 23.5 Å². The van der Waals surface area contributed by atoms with Gasteiger partial charge in [-0.05, 0) is 17.0 Å². The summed E-state index contributed by atoms with van der Waals surface area (Å²) in [6.45, 7) is 4.64. The normalized spacial score (nSPS) is 17.9. The lowest BCUT2D eigenvalue weighted by Crippen LogP contribution is -2.05. The van der Waals surface area contributed by atoms with E-state index in [9.17, 15) is 0 Å². The molecular weight excluding hydrogens is 208 g/mol. The Morgan fingerprint density at radius 3 is 2.00 bits per heavy atom. The summed E-state index contributed by atoms with van der Waals surface area (Å²) >= 11 is 4.20. The van der Waals surface area contributed by atoms with Gasteiger partial charge >= 0.3 is 0 Å². The third-order valence-corrected chi connectivity index (χ3v) is 5.99. The highest BCUT2D eigenvalue weighted by Crippen LogP contribution is 2.39. The summed E-state index contributed by atoms with van der Waals surface area (Å²) in [7, 11) is 0. The minimum absolute atomic E-state index is 0.766. The van der Waals surface area contributed by atoms with Gasteiger partial charge in [-0.3, -0.25) is 0 Å². The maximum atomic E-state index is 2.32. The fourth-order valence-corrected chi connectivity index (χ4v) is 4.43. The van der Waals surface area contributed by atoms with Crippen molar-refractivity contribution in [2.24, 2.45) is 5.92 Å². The fourth-order valence-electron chi connectivity index (χ4n) is 1.62. The lowest BCUT2D eigenvalue weighted by Gasteiger charge is -2.16. The quantitative estimate of drug-likeness (QED) is 0.703. The average Bonchev–Trinajstić information content (AvgIpc) is 2.39. The Labute approximate surface area is 94.9 Å². The zero-order valence-electron chi connectivity index (χ0n) is 8.69. The standard InChI is InChI=1S/C12H16S2/c1-9(2)12-13-7-10-5-3-4-6-11(10)8-14-12/h3-6,9,12H,7-8H2,1-2H3. The highest BCUT2D eigenvalue weighted by molar-refractivity contribution is 8.16. The van der Waals surface area contributed by atoms with Crippen LogP contribution in [0.3, 0.4) is 0 Å². The topological polar surface area (TPSA) is 0 Å². The first-order valence-electron chi connectivity index (χ1n) is 5.07. The van der Waals surface area contributed by atoms with E-state index < -0.39 is 0 Å². The van der Waals surface area contributed by atoms with Crippen LogP contribution in [0.1, 0.15) is 25.0 Å². The molecular formula is C12H16S2. The Morgan fingerprint density at radius 1 is 1.07 bits per heavy atom. The molecule has 0 bridgehead atoms. The molecule has 2 heteroatoms. The van der Waals surface area contributed by atoms with Crippen LogP contribution in [0.15, 0.2) is 24.3 Å². The molecule has 14 heavy (non-hydrogen) atoms. The van der Waals surface area contributed by atoms with Gasteiger partial charge in [0.05, 0.1) is 4.58 Å². The molecule has 0 amide bonds. The second-order valence-electron chi connectivity index (χ2n) is 4.00. The number of rotatable bonds is 1. The van der Waals surface area contributed by atoms with E-state index in [1.165, 1.54) is 22.6 Å². The van der Waals surface area contributed by atoms with Gasteiger partial charge < -0.3 is 0 Å². The Morgan fingerprint density at radius 2 is 1.57 bits per heavy atom. The summed E-state index contributed by atoms with van der Waals surface area (Å²) in [5, 5.41) is 0. The van der Waals surface area contributed by atoms with Crippen LogP contribution in [0.25, 0.3) is 0 Å². The molecule has 0 radical (unpaired) electrons. The zero-order chi connectivity index (χ0) is 9.97. The minimum Gasteiger partial charge on any atom is -0.143 e. The summed E-state index contributed by atoms with van der Waals surface area (Å²) < 4.78 is 0.766. The van der Waals surface area contributed by atoms with E-state index in [1.807, 2.05) is 0 Å². The molecule has 0 saturated heterocycles. The number of benzene rings is 1. The molecule has 0 nitrogen and oxygen atoms in total. The van der Waals surface area contributed by atoms with Crippen LogP contribution < -0.4 is 0 Å². The van der Waals surface area contributed by atoms with Crippen molar-refractivity contribution >= 4 is 23.5 Å². The first-order valence-corrected chi connectivity index (χ1v) is 7.17. The van der Waals surface area contributed by atoms with E-state index in [0.717, 1.165) is 10.5 Å². The third-order valence-electron chi connectivity index (χ3n) is 2.47. The summed E-state index contributed by atoms with van der Waals surface area (Å²) in [6.07, 6.45) is 0. The Balaban J connectivity index is 2.14. The molecule has 0 saturated carbocycles. The molecule has 0 aliphatic carbocycles. The van der Waals surface area contributed by atoms with Crippen molar-refractivity contribution in [3.63, 3.8) is 0 Å². The number of thioether (sulfide) groups is 2. The van der Waals surface area contributed by atoms with Crippen LogP contribution in [0.4, 0.5) is 0 Å². The van der Waals surface area contributed by atoms with E-state index in [-0.39, 0.29) is 0 Å². The van der Waals surface area contributed by atoms with Crippen molar-refractivity contribution in [3.8, 4) is 0 Å². The van der Waals surface area contributed by atoms with Gasteiger partial charge in [-0.1, -0.05) is 38.1 Å². The Bertz CT molecular complexity index is 280. The molecule has 0 N–H and O–H groups in total. The van der Waals surface area contributed by atoms with Crippen LogP contribution in [-0.2, 0) is 11.5 Å². The van der Waals surface area contributed by atoms with Crippen molar-refractivity contribution < 1.29 is 0 Å². The van der Waals surface area contributed by atoms with Gasteiger partial charge in [-0.25, -0.2) is 0 Å². The van der Waals surface area contributed by atoms with E-state index in [4.69, 9.17) is 0 Å². The fraction of sp³-hybridized carbons (Fsp3) is 0.500. The van der Waals surface area contributed by atoms with Crippen molar-refractivity contribution in [1.82, 2.24) is 0 Å². The lowest BCUT2D eigenvalue weighted by atomic mass is 10.1. The first kappa shape index (κ1) is 10.4. The summed E-state index contributed by atoms with van der Waals surface area (Å²) in [5.41, 5.74) is 3.07. The van der Waals surface area contributed by atoms with Crippen molar-refractivity contribution in [2.75, 3.05) is 0 Å². The highest BCUT2D eigenvalue weighted by Gasteiger charge is 2.19. The monoisotopic (exact) mass is 224 g/mol. The van der Waals surface area contributed by atoms with Crippen LogP contribution in [0.5, 0.6) is 0 Å². The van der Waals surface area contributed by atoms with E-state index in [2.05, 4.69) is 61.6 Å². The maximum absolute atomic E-state index is 2.32. The number of fused-ring (bicyclic) bond motifs is 1. The summed E-state index contributed by atoms with van der Waals surface area (Å²) in [4.78, 5) is 0. The summed E-state index contributed by atoms with van der Waals surface area (Å²) in [5.74, 6) is 3.15. The molecule has 1 heterocycles. The Kier molecular flexibility index (Phi) is 3.45. The first-order chi connectivity index (χ1) is 6.77. The van der Waals surface area contributed by atoms with Crippen molar-refractivity contribution in [3.05, 3.63) is 35.4 Å². The van der Waals surface area contributed by atoms with Gasteiger partial charge in [0, 0.05) is 11.5 Å². The molecule has 1 aromatic rings. The van der Waals surface area contributed by atoms with Gasteiger partial charge in [0.2, 0.25) is 0 Å². The van der Waals surface area contributed by atoms with Gasteiger partial charge in [-0.2, -0.15) is 0 Å². The predicted octanol–water partition coefficient (Wildman–Crippen LogP) is 4.15. The molecule has 0 unspecified atom stereocenters. The van der Waals surface area contributed by atoms with Crippen LogP contribution in [-0.4, -0.2) is 4.58 Å². The molecule has 0 fully saturated rings. The van der Waals surface area contributed by atoms with E-state index in [1.54, 1.807) is 0 Å². The van der Waals surface area contributed by atoms with E-state index >= 15 is 0 Å². The van der Waals surface area contributed by atoms with Gasteiger partial charge in [0.25, 0.3) is 0 Å². The Hall–Kier alpha value is -0.0800. The van der Waals surface area contributed by atoms with Crippen LogP contribution >= 0.6 is 23.5 Å². The predicted molar refractivity (Wildman–Crippen MR) is 67.7 cm³/mol. The molecule has 1 aromatic carbocycles. The smallest absolute Gasteiger partial charge is 0.0532 e. The summed E-state index contributed by atoms with van der Waals surface area (Å²) in [6, 6.07) is 8.84. The second-order valence-corrected chi connectivity index (χ2v) is 6.56. The average molecular weight is 224 g/mol. The molecule has 0 aromatic heterocycles. The minimum atomic E-state index is 0.766. The van der Waals surface area contributed by atoms with E-state index in [0.29, 0.717) is 0 Å². The second kappa shape index (κ2) is 4.63. The lowest BCUT2D eigenvalue weighted by molar-refractivity contribution is 0.720. The molecule has 1 aliphatic rings. The largest absolute Gasteiger partial charge is 0.143 e. The molecule has 76 valence electrons. The van der Waals surface area contributed by atoms with Crippen LogP contribution in [0.2, 0.25) is 0 Å². The van der Waals surface area contributed by atoms with Crippen molar-refractivity contribution in [2.45, 2.75) is 29.9 Å². The maximum Gasteiger partial charge on any atom is 0.0532 e. The third kappa shape index (κ3) is 2.29. The SMILES string of the molecule is CC(C)C1SCc2ccccc2CS1. The number of hydrogen-bond acceptors (Lipinski definition) is 2. The van der Waals surface area contributed by atoms with Gasteiger partial charge in [0.15, 0.2) is 0 Å². The van der Waals surface area contributed by atoms with Gasteiger partial charge in [0.1, 0.15) is 0 Å². The number of hydrogen-bond donors (Lipinski definition) is 0. The highest BCUT2D eigenvalue weighted by atomic mass is 32.2. The molecule has 2 rings (SSSR count). The molecule has 1 aliphatic heterocycles. The molecule has 0 atom stereocenters. The molecule has 0 spiro atoms. The zero-order valence-corrected chi connectivity index (χ0v) is 10.3. The van der Waals surface area contributed by atoms with Crippen molar-refractivity contribution in [1.29, 1.82) is 0 Å².